The first-order chi connectivity index (χ1) is 11.1. The summed E-state index contributed by atoms with van der Waals surface area (Å²) in [6.45, 7) is 1.66. The molecule has 0 amide bonds. The summed E-state index contributed by atoms with van der Waals surface area (Å²) in [5, 5.41) is 11.0. The van der Waals surface area contributed by atoms with Crippen molar-refractivity contribution in [1.82, 2.24) is 0 Å². The Hall–Kier alpha value is -1.91. The van der Waals surface area contributed by atoms with Gasteiger partial charge in [0.05, 0.1) is 4.92 Å². The van der Waals surface area contributed by atoms with E-state index in [1.807, 2.05) is 6.07 Å². The molecule has 3 rings (SSSR count). The van der Waals surface area contributed by atoms with Crippen molar-refractivity contribution in [1.29, 1.82) is 0 Å². The number of nitro groups is 1. The van der Waals surface area contributed by atoms with Gasteiger partial charge in [0.25, 0.3) is 5.69 Å². The van der Waals surface area contributed by atoms with Gasteiger partial charge in [-0.1, -0.05) is 19.3 Å². The molecule has 1 aliphatic carbocycles. The molecule has 0 bridgehead atoms. The van der Waals surface area contributed by atoms with E-state index in [0.717, 1.165) is 36.9 Å². The number of fused-ring (bicyclic) bond motifs is 1. The van der Waals surface area contributed by atoms with Crippen LogP contribution in [0.1, 0.15) is 57.4 Å². The first-order valence-corrected chi connectivity index (χ1v) is 8.61. The molecule has 1 heterocycles. The Bertz CT molecular complexity index is 608. The molecule has 1 fully saturated rings. The fourth-order valence-corrected chi connectivity index (χ4v) is 4.18. The van der Waals surface area contributed by atoms with E-state index >= 15 is 0 Å². The van der Waals surface area contributed by atoms with E-state index < -0.39 is 0 Å². The number of ketones is 1. The highest BCUT2D eigenvalue weighted by atomic mass is 16.6. The van der Waals surface area contributed by atoms with Gasteiger partial charge in [0, 0.05) is 36.3 Å². The predicted octanol–water partition coefficient (Wildman–Crippen LogP) is 4.03. The molecule has 0 spiro atoms. The van der Waals surface area contributed by atoms with Gasteiger partial charge >= 0.3 is 0 Å². The molecule has 1 unspecified atom stereocenters. The average Bonchev–Trinajstić information content (AvgIpc) is 2.54. The minimum atomic E-state index is -0.327. The Morgan fingerprint density at radius 3 is 2.65 bits per heavy atom. The SMILES string of the molecule is CC(=O)CC1CCc2cc([N+](=O)[O-])ccc2N1C1CCCCC1. The number of rotatable bonds is 4. The van der Waals surface area contributed by atoms with E-state index in [4.69, 9.17) is 0 Å². The number of nitro benzene ring substituents is 1. The van der Waals surface area contributed by atoms with Gasteiger partial charge in [0.15, 0.2) is 0 Å². The van der Waals surface area contributed by atoms with Crippen LogP contribution in [0.4, 0.5) is 11.4 Å². The van der Waals surface area contributed by atoms with Crippen LogP contribution >= 0.6 is 0 Å². The number of anilines is 1. The van der Waals surface area contributed by atoms with Crippen molar-refractivity contribution in [3.63, 3.8) is 0 Å². The van der Waals surface area contributed by atoms with Crippen molar-refractivity contribution in [2.24, 2.45) is 0 Å². The third-order valence-corrected chi connectivity index (χ3v) is 5.18. The molecule has 0 saturated heterocycles. The van der Waals surface area contributed by atoms with E-state index in [9.17, 15) is 14.9 Å². The van der Waals surface area contributed by atoms with Gasteiger partial charge in [0.1, 0.15) is 5.78 Å². The molecule has 1 aromatic carbocycles. The van der Waals surface area contributed by atoms with Crippen molar-refractivity contribution in [3.05, 3.63) is 33.9 Å². The first kappa shape index (κ1) is 16.0. The van der Waals surface area contributed by atoms with Crippen molar-refractivity contribution < 1.29 is 9.72 Å². The zero-order valence-corrected chi connectivity index (χ0v) is 13.7. The second-order valence-corrected chi connectivity index (χ2v) is 6.87. The maximum atomic E-state index is 11.7. The zero-order valence-electron chi connectivity index (χ0n) is 13.7. The third-order valence-electron chi connectivity index (χ3n) is 5.18. The lowest BCUT2D eigenvalue weighted by Crippen LogP contribution is -2.48. The van der Waals surface area contributed by atoms with Crippen LogP contribution in [0.2, 0.25) is 0 Å². The smallest absolute Gasteiger partial charge is 0.269 e. The molecule has 2 aliphatic rings. The van der Waals surface area contributed by atoms with Crippen molar-refractivity contribution in [2.45, 2.75) is 70.4 Å². The fourth-order valence-electron chi connectivity index (χ4n) is 4.18. The molecule has 0 radical (unpaired) electrons. The Balaban J connectivity index is 1.95. The van der Waals surface area contributed by atoms with Crippen LogP contribution in [-0.2, 0) is 11.2 Å². The lowest BCUT2D eigenvalue weighted by Gasteiger charge is -2.45. The Morgan fingerprint density at radius 2 is 2.00 bits per heavy atom. The largest absolute Gasteiger partial charge is 0.365 e. The molecular formula is C18H24N2O3. The summed E-state index contributed by atoms with van der Waals surface area (Å²) in [5.74, 6) is 0.223. The van der Waals surface area contributed by atoms with Crippen LogP contribution in [0.3, 0.4) is 0 Å². The summed E-state index contributed by atoms with van der Waals surface area (Å²) >= 11 is 0. The zero-order chi connectivity index (χ0) is 16.4. The van der Waals surface area contributed by atoms with Gasteiger partial charge in [0.2, 0.25) is 0 Å². The highest BCUT2D eigenvalue weighted by Crippen LogP contribution is 2.39. The predicted molar refractivity (Wildman–Crippen MR) is 89.9 cm³/mol. The molecule has 1 aliphatic heterocycles. The minimum absolute atomic E-state index is 0.164. The number of hydrogen-bond donors (Lipinski definition) is 0. The average molecular weight is 316 g/mol. The molecule has 1 saturated carbocycles. The highest BCUT2D eigenvalue weighted by Gasteiger charge is 2.33. The van der Waals surface area contributed by atoms with E-state index in [-0.39, 0.29) is 22.4 Å². The normalized spacial score (nSPS) is 21.8. The maximum Gasteiger partial charge on any atom is 0.269 e. The molecule has 0 N–H and O–H groups in total. The van der Waals surface area contributed by atoms with Gasteiger partial charge in [-0.25, -0.2) is 0 Å². The van der Waals surface area contributed by atoms with Crippen LogP contribution in [0.5, 0.6) is 0 Å². The van der Waals surface area contributed by atoms with Crippen LogP contribution in [0, 0.1) is 10.1 Å². The molecule has 0 aromatic heterocycles. The molecule has 1 aromatic rings. The molecule has 124 valence electrons. The Morgan fingerprint density at radius 1 is 1.26 bits per heavy atom. The summed E-state index contributed by atoms with van der Waals surface area (Å²) in [5.41, 5.74) is 2.34. The number of nitrogens with zero attached hydrogens (tertiary/aromatic N) is 2. The molecule has 23 heavy (non-hydrogen) atoms. The Labute approximate surface area is 136 Å². The van der Waals surface area contributed by atoms with Crippen LogP contribution < -0.4 is 4.90 Å². The second kappa shape index (κ2) is 6.69. The minimum Gasteiger partial charge on any atom is -0.365 e. The molecular weight excluding hydrogens is 292 g/mol. The maximum absolute atomic E-state index is 11.7. The topological polar surface area (TPSA) is 63.4 Å². The van der Waals surface area contributed by atoms with E-state index in [2.05, 4.69) is 4.90 Å². The summed E-state index contributed by atoms with van der Waals surface area (Å²) < 4.78 is 0. The van der Waals surface area contributed by atoms with E-state index in [0.29, 0.717) is 12.5 Å². The van der Waals surface area contributed by atoms with Gasteiger partial charge in [-0.15, -0.1) is 0 Å². The standard InChI is InChI=1S/C18H24N2O3/c1-13(21)11-16-8-7-14-12-17(20(22)23)9-10-18(14)19(16)15-5-3-2-4-6-15/h9-10,12,15-16H,2-8,11H2,1H3. The summed E-state index contributed by atoms with van der Waals surface area (Å²) in [6.07, 6.45) is 8.37. The number of non-ortho nitro benzene ring substituents is 1. The monoisotopic (exact) mass is 316 g/mol. The van der Waals surface area contributed by atoms with Crippen molar-refractivity contribution in [2.75, 3.05) is 4.90 Å². The van der Waals surface area contributed by atoms with Gasteiger partial charge in [-0.2, -0.15) is 0 Å². The van der Waals surface area contributed by atoms with E-state index in [1.54, 1.807) is 19.1 Å². The number of aryl methyl sites for hydroxylation is 1. The summed E-state index contributed by atoms with van der Waals surface area (Å²) in [7, 11) is 0. The third kappa shape index (κ3) is 3.38. The van der Waals surface area contributed by atoms with E-state index in [1.165, 1.54) is 19.3 Å². The number of hydrogen-bond acceptors (Lipinski definition) is 4. The van der Waals surface area contributed by atoms with Gasteiger partial charge in [-0.05, 0) is 44.2 Å². The first-order valence-electron chi connectivity index (χ1n) is 8.61. The highest BCUT2D eigenvalue weighted by molar-refractivity contribution is 5.77. The van der Waals surface area contributed by atoms with Crippen LogP contribution in [0.25, 0.3) is 0 Å². The van der Waals surface area contributed by atoms with Gasteiger partial charge in [-0.3, -0.25) is 14.9 Å². The molecule has 5 heteroatoms. The summed E-state index contributed by atoms with van der Waals surface area (Å²) in [6, 6.07) is 5.92. The van der Waals surface area contributed by atoms with Crippen LogP contribution in [0.15, 0.2) is 18.2 Å². The Kier molecular flexibility index (Phi) is 4.64. The summed E-state index contributed by atoms with van der Waals surface area (Å²) in [4.78, 5) is 24.8. The number of carbonyl (C=O) groups is 1. The van der Waals surface area contributed by atoms with Crippen molar-refractivity contribution >= 4 is 17.2 Å². The number of carbonyl (C=O) groups excluding carboxylic acids is 1. The fraction of sp³-hybridized carbons (Fsp3) is 0.611. The molecule has 1 atom stereocenters. The molecule has 5 nitrogen and oxygen atoms in total. The van der Waals surface area contributed by atoms with Crippen LogP contribution in [-0.4, -0.2) is 22.8 Å². The lowest BCUT2D eigenvalue weighted by atomic mass is 9.86. The quantitative estimate of drug-likeness (QED) is 0.621. The van der Waals surface area contributed by atoms with Gasteiger partial charge < -0.3 is 4.90 Å². The lowest BCUT2D eigenvalue weighted by molar-refractivity contribution is -0.384. The van der Waals surface area contributed by atoms with Crippen molar-refractivity contribution in [3.8, 4) is 0 Å². The number of Topliss-reactive ketones (excluding diaryl/α,β-unsaturated/α-hetero) is 1. The number of benzene rings is 1. The second-order valence-electron chi connectivity index (χ2n) is 6.87.